The van der Waals surface area contributed by atoms with Crippen molar-refractivity contribution in [1.82, 2.24) is 0 Å². The molecule has 0 spiro atoms. The van der Waals surface area contributed by atoms with Gasteiger partial charge in [0.15, 0.2) is 0 Å². The van der Waals surface area contributed by atoms with Gasteiger partial charge in [-0.15, -0.1) is 11.3 Å². The van der Waals surface area contributed by atoms with Gasteiger partial charge in [-0.05, 0) is 30.2 Å². The normalized spacial score (nSPS) is 10.4. The van der Waals surface area contributed by atoms with Crippen molar-refractivity contribution in [2.24, 2.45) is 0 Å². The topological polar surface area (TPSA) is 52.3 Å². The molecule has 1 heterocycles. The first-order valence-electron chi connectivity index (χ1n) is 5.27. The molecule has 0 atom stereocenters. The largest absolute Gasteiger partial charge is 0.465 e. The van der Waals surface area contributed by atoms with Gasteiger partial charge in [-0.1, -0.05) is 23.7 Å². The number of rotatable bonds is 2. The monoisotopic (exact) mass is 281 g/mol. The van der Waals surface area contributed by atoms with E-state index in [0.717, 1.165) is 16.0 Å². The van der Waals surface area contributed by atoms with Crippen molar-refractivity contribution in [3.8, 4) is 10.4 Å². The second-order valence-corrected chi connectivity index (χ2v) is 5.28. The van der Waals surface area contributed by atoms with Crippen LogP contribution in [0.15, 0.2) is 24.3 Å². The molecule has 0 radical (unpaired) electrons. The number of carbonyl (C=O) groups is 1. The van der Waals surface area contributed by atoms with E-state index < -0.39 is 5.97 Å². The van der Waals surface area contributed by atoms with Crippen molar-refractivity contribution in [2.75, 3.05) is 12.8 Å². The SMILES string of the molecule is COC(=O)c1c(N)sc(-c2ccc(Cl)cc2)c1C. The zero-order valence-corrected chi connectivity index (χ0v) is 11.6. The van der Waals surface area contributed by atoms with E-state index in [4.69, 9.17) is 22.1 Å². The quantitative estimate of drug-likeness (QED) is 0.853. The zero-order valence-electron chi connectivity index (χ0n) is 9.99. The fourth-order valence-electron chi connectivity index (χ4n) is 1.77. The van der Waals surface area contributed by atoms with Gasteiger partial charge in [-0.2, -0.15) is 0 Å². The molecule has 1 aromatic carbocycles. The molecule has 1 aromatic heterocycles. The number of thiophene rings is 1. The first-order valence-corrected chi connectivity index (χ1v) is 6.47. The number of nitrogen functional groups attached to an aromatic ring is 1. The highest BCUT2D eigenvalue weighted by Gasteiger charge is 2.20. The standard InChI is InChI=1S/C13H12ClNO2S/c1-7-10(13(16)17-2)12(15)18-11(7)8-3-5-9(14)6-4-8/h3-6H,15H2,1-2H3. The van der Waals surface area contributed by atoms with E-state index in [1.807, 2.05) is 31.2 Å². The van der Waals surface area contributed by atoms with Crippen LogP contribution in [0.5, 0.6) is 0 Å². The lowest BCUT2D eigenvalue weighted by atomic mass is 10.1. The van der Waals surface area contributed by atoms with Gasteiger partial charge in [0.25, 0.3) is 0 Å². The molecule has 0 aliphatic heterocycles. The van der Waals surface area contributed by atoms with Crippen LogP contribution >= 0.6 is 22.9 Å². The Hall–Kier alpha value is -1.52. The van der Waals surface area contributed by atoms with Crippen LogP contribution in [0.3, 0.4) is 0 Å². The van der Waals surface area contributed by atoms with E-state index >= 15 is 0 Å². The number of nitrogens with two attached hydrogens (primary N) is 1. The van der Waals surface area contributed by atoms with E-state index in [1.165, 1.54) is 18.4 Å². The Morgan fingerprint density at radius 3 is 2.50 bits per heavy atom. The van der Waals surface area contributed by atoms with Crippen molar-refractivity contribution < 1.29 is 9.53 Å². The zero-order chi connectivity index (χ0) is 13.3. The molecule has 2 rings (SSSR count). The Morgan fingerprint density at radius 2 is 1.94 bits per heavy atom. The lowest BCUT2D eigenvalue weighted by Gasteiger charge is -2.01. The Balaban J connectivity index is 2.53. The number of halogens is 1. The van der Waals surface area contributed by atoms with E-state index in [9.17, 15) is 4.79 Å². The third-order valence-electron chi connectivity index (χ3n) is 2.67. The predicted octanol–water partition coefficient (Wildman–Crippen LogP) is 3.75. The fraction of sp³-hybridized carbons (Fsp3) is 0.154. The minimum absolute atomic E-state index is 0.401. The summed E-state index contributed by atoms with van der Waals surface area (Å²) >= 11 is 7.23. The summed E-state index contributed by atoms with van der Waals surface area (Å²) in [5.41, 5.74) is 8.16. The molecule has 18 heavy (non-hydrogen) atoms. The van der Waals surface area contributed by atoms with Crippen LogP contribution in [0.25, 0.3) is 10.4 Å². The van der Waals surface area contributed by atoms with E-state index in [2.05, 4.69) is 0 Å². The molecule has 3 nitrogen and oxygen atoms in total. The molecule has 0 amide bonds. The van der Waals surface area contributed by atoms with Gasteiger partial charge in [0.05, 0.1) is 12.7 Å². The van der Waals surface area contributed by atoms with Crippen LogP contribution in [-0.2, 0) is 4.74 Å². The lowest BCUT2D eigenvalue weighted by molar-refractivity contribution is 0.0602. The summed E-state index contributed by atoms with van der Waals surface area (Å²) in [4.78, 5) is 12.6. The minimum atomic E-state index is -0.401. The minimum Gasteiger partial charge on any atom is -0.465 e. The number of hydrogen-bond donors (Lipinski definition) is 1. The Labute approximate surface area is 114 Å². The lowest BCUT2D eigenvalue weighted by Crippen LogP contribution is -2.04. The van der Waals surface area contributed by atoms with Crippen molar-refractivity contribution >= 4 is 33.9 Å². The molecule has 0 saturated heterocycles. The molecule has 0 bridgehead atoms. The highest BCUT2D eigenvalue weighted by atomic mass is 35.5. The molecule has 5 heteroatoms. The first kappa shape index (κ1) is 12.9. The average Bonchev–Trinajstić information content (AvgIpc) is 2.65. The third kappa shape index (κ3) is 2.21. The second-order valence-electron chi connectivity index (χ2n) is 3.79. The van der Waals surface area contributed by atoms with Crippen LogP contribution in [0, 0.1) is 6.92 Å². The number of carbonyl (C=O) groups excluding carboxylic acids is 1. The molecule has 0 saturated carbocycles. The van der Waals surface area contributed by atoms with Crippen LogP contribution in [0.1, 0.15) is 15.9 Å². The Morgan fingerprint density at radius 1 is 1.33 bits per heavy atom. The highest BCUT2D eigenvalue weighted by Crippen LogP contribution is 2.38. The van der Waals surface area contributed by atoms with Crippen molar-refractivity contribution in [1.29, 1.82) is 0 Å². The molecule has 0 aliphatic carbocycles. The Kier molecular flexibility index (Phi) is 3.59. The molecule has 0 fully saturated rings. The maximum atomic E-state index is 11.6. The fourth-order valence-corrected chi connectivity index (χ4v) is 2.96. The maximum absolute atomic E-state index is 11.6. The number of hydrogen-bond acceptors (Lipinski definition) is 4. The smallest absolute Gasteiger partial charge is 0.341 e. The second kappa shape index (κ2) is 5.00. The molecule has 0 unspecified atom stereocenters. The third-order valence-corrected chi connectivity index (χ3v) is 4.09. The maximum Gasteiger partial charge on any atom is 0.341 e. The predicted molar refractivity (Wildman–Crippen MR) is 75.3 cm³/mol. The van der Waals surface area contributed by atoms with Gasteiger partial charge in [-0.25, -0.2) is 4.79 Å². The average molecular weight is 282 g/mol. The van der Waals surface area contributed by atoms with E-state index in [1.54, 1.807) is 0 Å². The molecule has 0 aliphatic rings. The Bertz CT molecular complexity index is 590. The number of benzene rings is 1. The molecular formula is C13H12ClNO2S. The number of methoxy groups -OCH3 is 1. The molecular weight excluding hydrogens is 270 g/mol. The molecule has 94 valence electrons. The van der Waals surface area contributed by atoms with E-state index in [-0.39, 0.29) is 0 Å². The summed E-state index contributed by atoms with van der Waals surface area (Å²) in [6.07, 6.45) is 0. The number of ether oxygens (including phenoxy) is 1. The molecule has 2 N–H and O–H groups in total. The van der Waals surface area contributed by atoms with Crippen molar-refractivity contribution in [3.63, 3.8) is 0 Å². The van der Waals surface area contributed by atoms with Crippen molar-refractivity contribution in [2.45, 2.75) is 6.92 Å². The van der Waals surface area contributed by atoms with Gasteiger partial charge in [0, 0.05) is 9.90 Å². The summed E-state index contributed by atoms with van der Waals surface area (Å²) in [6, 6.07) is 7.43. The summed E-state index contributed by atoms with van der Waals surface area (Å²) in [7, 11) is 1.35. The van der Waals surface area contributed by atoms with Gasteiger partial charge in [0.2, 0.25) is 0 Å². The van der Waals surface area contributed by atoms with Gasteiger partial charge < -0.3 is 10.5 Å². The summed E-state index contributed by atoms with van der Waals surface area (Å²) in [5.74, 6) is -0.401. The van der Waals surface area contributed by atoms with Crippen LogP contribution < -0.4 is 5.73 Å². The summed E-state index contributed by atoms with van der Waals surface area (Å²) in [5, 5.41) is 1.15. The number of esters is 1. The van der Waals surface area contributed by atoms with Gasteiger partial charge >= 0.3 is 5.97 Å². The van der Waals surface area contributed by atoms with Crippen LogP contribution in [0.2, 0.25) is 5.02 Å². The van der Waals surface area contributed by atoms with Gasteiger partial charge in [0.1, 0.15) is 5.00 Å². The number of anilines is 1. The highest BCUT2D eigenvalue weighted by molar-refractivity contribution is 7.19. The molecule has 2 aromatic rings. The first-order chi connectivity index (χ1) is 8.54. The van der Waals surface area contributed by atoms with Crippen LogP contribution in [-0.4, -0.2) is 13.1 Å². The van der Waals surface area contributed by atoms with Gasteiger partial charge in [-0.3, -0.25) is 0 Å². The van der Waals surface area contributed by atoms with E-state index in [0.29, 0.717) is 15.6 Å². The summed E-state index contributed by atoms with van der Waals surface area (Å²) in [6.45, 7) is 1.86. The van der Waals surface area contributed by atoms with Crippen molar-refractivity contribution in [3.05, 3.63) is 40.4 Å². The summed E-state index contributed by atoms with van der Waals surface area (Å²) < 4.78 is 4.73. The van der Waals surface area contributed by atoms with Crippen LogP contribution in [0.4, 0.5) is 5.00 Å².